The van der Waals surface area contributed by atoms with E-state index < -0.39 is 6.10 Å². The fraction of sp³-hybridized carbons (Fsp3) is 0.438. The van der Waals surface area contributed by atoms with Crippen LogP contribution in [0.2, 0.25) is 0 Å². The van der Waals surface area contributed by atoms with E-state index in [4.69, 9.17) is 0 Å². The second kappa shape index (κ2) is 7.18. The van der Waals surface area contributed by atoms with Gasteiger partial charge in [-0.3, -0.25) is 4.68 Å². The van der Waals surface area contributed by atoms with Gasteiger partial charge in [0.2, 0.25) is 0 Å². The lowest BCUT2D eigenvalue weighted by Crippen LogP contribution is -2.09. The lowest BCUT2D eigenvalue weighted by Gasteiger charge is -2.13. The molecule has 5 heteroatoms. The van der Waals surface area contributed by atoms with Crippen LogP contribution in [0.3, 0.4) is 0 Å². The molecule has 0 bridgehead atoms. The minimum atomic E-state index is -0.762. The highest BCUT2D eigenvalue weighted by Gasteiger charge is 2.14. The van der Waals surface area contributed by atoms with Gasteiger partial charge >= 0.3 is 0 Å². The number of benzene rings is 1. The first-order valence-corrected chi connectivity index (χ1v) is 8.00. The van der Waals surface area contributed by atoms with Crippen LogP contribution in [0.25, 0.3) is 0 Å². The molecule has 1 heterocycles. The molecule has 1 aromatic heterocycles. The number of aliphatic hydroxyl groups is 1. The molecule has 0 aliphatic heterocycles. The Kier molecular flexibility index (Phi) is 5.53. The number of aromatic nitrogens is 2. The lowest BCUT2D eigenvalue weighted by molar-refractivity contribution is 0.176. The van der Waals surface area contributed by atoms with Crippen molar-refractivity contribution in [3.05, 3.63) is 52.0 Å². The first-order valence-electron chi connectivity index (χ1n) is 7.21. The molecule has 2 aromatic rings. The summed E-state index contributed by atoms with van der Waals surface area (Å²) in [6, 6.07) is 6.76. The minimum Gasteiger partial charge on any atom is -0.388 e. The molecule has 0 aliphatic carbocycles. The van der Waals surface area contributed by atoms with Gasteiger partial charge in [0.25, 0.3) is 0 Å². The van der Waals surface area contributed by atoms with Gasteiger partial charge in [0.1, 0.15) is 5.82 Å². The van der Waals surface area contributed by atoms with Crippen LogP contribution in [0.15, 0.2) is 34.9 Å². The van der Waals surface area contributed by atoms with Gasteiger partial charge in [-0.05, 0) is 42.7 Å². The van der Waals surface area contributed by atoms with Crippen molar-refractivity contribution in [1.29, 1.82) is 0 Å². The number of hydrogen-bond donors (Lipinski definition) is 1. The van der Waals surface area contributed by atoms with E-state index in [2.05, 4.69) is 34.9 Å². The average Bonchev–Trinajstić information content (AvgIpc) is 2.87. The van der Waals surface area contributed by atoms with Crippen LogP contribution < -0.4 is 0 Å². The summed E-state index contributed by atoms with van der Waals surface area (Å²) in [6.07, 6.45) is 3.61. The molecule has 0 fully saturated rings. The predicted octanol–water partition coefficient (Wildman–Crippen LogP) is 4.42. The van der Waals surface area contributed by atoms with Crippen molar-refractivity contribution in [1.82, 2.24) is 9.78 Å². The van der Waals surface area contributed by atoms with E-state index in [-0.39, 0.29) is 5.82 Å². The highest BCUT2D eigenvalue weighted by atomic mass is 79.9. The first kappa shape index (κ1) is 16.2. The van der Waals surface area contributed by atoms with E-state index >= 15 is 0 Å². The molecule has 0 saturated carbocycles. The van der Waals surface area contributed by atoms with Crippen LogP contribution in [-0.4, -0.2) is 14.9 Å². The van der Waals surface area contributed by atoms with Crippen molar-refractivity contribution >= 4 is 15.9 Å². The third kappa shape index (κ3) is 4.14. The van der Waals surface area contributed by atoms with Gasteiger partial charge in [-0.2, -0.15) is 5.10 Å². The zero-order valence-electron chi connectivity index (χ0n) is 12.3. The molecule has 0 radical (unpaired) electrons. The number of halogens is 2. The number of aliphatic hydroxyl groups excluding tert-OH is 1. The summed E-state index contributed by atoms with van der Waals surface area (Å²) < 4.78 is 15.9. The van der Waals surface area contributed by atoms with E-state index in [1.165, 1.54) is 12.1 Å². The van der Waals surface area contributed by atoms with Crippen molar-refractivity contribution in [2.45, 2.75) is 45.3 Å². The maximum atomic E-state index is 13.4. The molecule has 0 saturated heterocycles. The zero-order valence-corrected chi connectivity index (χ0v) is 13.8. The van der Waals surface area contributed by atoms with E-state index in [0.717, 1.165) is 18.5 Å². The molecular formula is C16H20BrFN2O. The van der Waals surface area contributed by atoms with Crippen molar-refractivity contribution in [2.75, 3.05) is 0 Å². The lowest BCUT2D eigenvalue weighted by atomic mass is 10.1. The van der Waals surface area contributed by atoms with Gasteiger partial charge in [0.05, 0.1) is 17.8 Å². The largest absolute Gasteiger partial charge is 0.388 e. The third-order valence-electron chi connectivity index (χ3n) is 3.65. The Bertz CT molecular complexity index is 575. The molecule has 1 N–H and O–H groups in total. The van der Waals surface area contributed by atoms with E-state index in [0.29, 0.717) is 22.5 Å². The second-order valence-electron chi connectivity index (χ2n) is 5.18. The maximum absolute atomic E-state index is 13.4. The van der Waals surface area contributed by atoms with Gasteiger partial charge in [0, 0.05) is 17.1 Å². The smallest absolute Gasteiger partial charge is 0.124 e. The summed E-state index contributed by atoms with van der Waals surface area (Å²) in [7, 11) is 0. The van der Waals surface area contributed by atoms with Gasteiger partial charge in [-0.1, -0.05) is 29.8 Å². The van der Waals surface area contributed by atoms with Crippen molar-refractivity contribution in [3.63, 3.8) is 0 Å². The minimum absolute atomic E-state index is 0.360. The van der Waals surface area contributed by atoms with E-state index in [1.54, 1.807) is 6.07 Å². The normalized spacial score (nSPS) is 12.9. The predicted molar refractivity (Wildman–Crippen MR) is 84.6 cm³/mol. The monoisotopic (exact) mass is 354 g/mol. The summed E-state index contributed by atoms with van der Waals surface area (Å²) in [6.45, 7) is 4.27. The van der Waals surface area contributed by atoms with E-state index in [9.17, 15) is 9.50 Å². The van der Waals surface area contributed by atoms with Crippen LogP contribution >= 0.6 is 15.9 Å². The standard InChI is InChI=1S/C16H20BrFN2O/c1-3-15(4-2)20-6-5-14(19-20)10-16(21)11-7-12(17)9-13(18)8-11/h5-9,15-16,21H,3-4,10H2,1-2H3. The fourth-order valence-corrected chi connectivity index (χ4v) is 2.92. The van der Waals surface area contributed by atoms with Crippen LogP contribution in [-0.2, 0) is 6.42 Å². The summed E-state index contributed by atoms with van der Waals surface area (Å²) in [4.78, 5) is 0. The zero-order chi connectivity index (χ0) is 15.4. The van der Waals surface area contributed by atoms with Crippen molar-refractivity contribution in [2.24, 2.45) is 0 Å². The molecule has 1 atom stereocenters. The Hall–Kier alpha value is -1.20. The summed E-state index contributed by atoms with van der Waals surface area (Å²) in [5, 5.41) is 14.8. The molecule has 114 valence electrons. The Morgan fingerprint density at radius 3 is 2.62 bits per heavy atom. The van der Waals surface area contributed by atoms with Gasteiger partial charge in [-0.15, -0.1) is 0 Å². The van der Waals surface area contributed by atoms with E-state index in [1.807, 2.05) is 16.9 Å². The van der Waals surface area contributed by atoms with Crippen LogP contribution in [0.4, 0.5) is 4.39 Å². The molecule has 0 amide bonds. The quantitative estimate of drug-likeness (QED) is 0.833. The van der Waals surface area contributed by atoms with Gasteiger partial charge in [-0.25, -0.2) is 4.39 Å². The van der Waals surface area contributed by atoms with Crippen LogP contribution in [0.5, 0.6) is 0 Å². The molecular weight excluding hydrogens is 335 g/mol. The topological polar surface area (TPSA) is 38.0 Å². The molecule has 2 rings (SSSR count). The van der Waals surface area contributed by atoms with Gasteiger partial charge < -0.3 is 5.11 Å². The van der Waals surface area contributed by atoms with Crippen molar-refractivity contribution < 1.29 is 9.50 Å². The highest BCUT2D eigenvalue weighted by molar-refractivity contribution is 9.10. The number of rotatable bonds is 6. The molecule has 0 aliphatic rings. The second-order valence-corrected chi connectivity index (χ2v) is 6.10. The Labute approximate surface area is 132 Å². The SMILES string of the molecule is CCC(CC)n1ccc(CC(O)c2cc(F)cc(Br)c2)n1. The molecule has 3 nitrogen and oxygen atoms in total. The number of nitrogens with zero attached hydrogens (tertiary/aromatic N) is 2. The summed E-state index contributed by atoms with van der Waals surface area (Å²) in [5.41, 5.74) is 1.37. The molecule has 21 heavy (non-hydrogen) atoms. The van der Waals surface area contributed by atoms with Gasteiger partial charge in [0.15, 0.2) is 0 Å². The number of hydrogen-bond acceptors (Lipinski definition) is 2. The molecule has 1 unspecified atom stereocenters. The van der Waals surface area contributed by atoms with Crippen LogP contribution in [0, 0.1) is 5.82 Å². The van der Waals surface area contributed by atoms with Crippen molar-refractivity contribution in [3.8, 4) is 0 Å². The maximum Gasteiger partial charge on any atom is 0.124 e. The average molecular weight is 355 g/mol. The highest BCUT2D eigenvalue weighted by Crippen LogP contribution is 2.23. The summed E-state index contributed by atoms with van der Waals surface area (Å²) in [5.74, 6) is -0.360. The third-order valence-corrected chi connectivity index (χ3v) is 4.11. The Balaban J connectivity index is 2.10. The Morgan fingerprint density at radius 2 is 2.00 bits per heavy atom. The van der Waals surface area contributed by atoms with Crippen LogP contribution in [0.1, 0.15) is 50.1 Å². The summed E-state index contributed by atoms with van der Waals surface area (Å²) >= 11 is 3.24. The Morgan fingerprint density at radius 1 is 1.29 bits per heavy atom. The molecule has 0 spiro atoms. The first-order chi connectivity index (χ1) is 10.0. The fourth-order valence-electron chi connectivity index (χ4n) is 2.44. The molecule has 1 aromatic carbocycles.